The van der Waals surface area contributed by atoms with Gasteiger partial charge in [-0.25, -0.2) is 4.98 Å². The molecular formula is C20H24N3OS2+. The van der Waals surface area contributed by atoms with Crippen molar-refractivity contribution in [2.75, 3.05) is 20.1 Å². The van der Waals surface area contributed by atoms with E-state index < -0.39 is 0 Å². The quantitative estimate of drug-likeness (QED) is 0.731. The highest BCUT2D eigenvalue weighted by molar-refractivity contribution is 7.18. The lowest BCUT2D eigenvalue weighted by Crippen LogP contribution is -3.11. The van der Waals surface area contributed by atoms with E-state index in [4.69, 9.17) is 4.98 Å². The maximum Gasteiger partial charge on any atom is 0.278 e. The van der Waals surface area contributed by atoms with Gasteiger partial charge in [-0.05, 0) is 30.5 Å². The first-order valence-electron chi connectivity index (χ1n) is 9.12. The summed E-state index contributed by atoms with van der Waals surface area (Å²) in [6.45, 7) is 3.72. The molecule has 1 fully saturated rings. The normalized spacial score (nSPS) is 21.2. The molecule has 3 heterocycles. The lowest BCUT2D eigenvalue weighted by atomic mass is 10.2. The van der Waals surface area contributed by atoms with E-state index >= 15 is 0 Å². The fourth-order valence-corrected chi connectivity index (χ4v) is 5.71. The summed E-state index contributed by atoms with van der Waals surface area (Å²) in [5, 5.41) is 3.14. The molecular weight excluding hydrogens is 362 g/mol. The van der Waals surface area contributed by atoms with Gasteiger partial charge in [-0.3, -0.25) is 4.79 Å². The zero-order valence-corrected chi connectivity index (χ0v) is 16.8. The molecule has 4 nitrogen and oxygen atoms in total. The zero-order valence-electron chi connectivity index (χ0n) is 15.1. The third-order valence-electron chi connectivity index (χ3n) is 5.39. The van der Waals surface area contributed by atoms with Crippen molar-refractivity contribution in [2.45, 2.75) is 31.8 Å². The number of rotatable bonds is 5. The predicted octanol–water partition coefficient (Wildman–Crippen LogP) is 3.30. The molecule has 6 heteroatoms. The standard InChI is InChI=1S/C20H23N3OS2/c1-14(20-21-15-7-3-4-9-17(15)26-20)22(2)19(24)13-23-11-5-8-16(23)18-10-6-12-25-18/h3-4,6-7,9-10,12,14,16H,5,8,11,13H2,1-2H3/p+1/t14-,16-/m1/s1. The smallest absolute Gasteiger partial charge is 0.278 e. The second kappa shape index (κ2) is 7.47. The first-order chi connectivity index (χ1) is 12.6. The Balaban J connectivity index is 1.45. The monoisotopic (exact) mass is 386 g/mol. The van der Waals surface area contributed by atoms with Crippen LogP contribution in [0.5, 0.6) is 0 Å². The van der Waals surface area contributed by atoms with Crippen LogP contribution in [0.25, 0.3) is 10.2 Å². The molecule has 1 N–H and O–H groups in total. The number of para-hydroxylation sites is 1. The third kappa shape index (κ3) is 3.41. The number of carbonyl (C=O) groups excluding carboxylic acids is 1. The van der Waals surface area contributed by atoms with Crippen molar-refractivity contribution in [3.8, 4) is 0 Å². The van der Waals surface area contributed by atoms with E-state index in [9.17, 15) is 4.79 Å². The minimum absolute atomic E-state index is 0.00194. The van der Waals surface area contributed by atoms with Gasteiger partial charge in [-0.15, -0.1) is 22.7 Å². The first-order valence-corrected chi connectivity index (χ1v) is 10.8. The molecule has 26 heavy (non-hydrogen) atoms. The van der Waals surface area contributed by atoms with E-state index in [1.165, 1.54) is 27.3 Å². The van der Waals surface area contributed by atoms with E-state index in [2.05, 4.69) is 30.5 Å². The summed E-state index contributed by atoms with van der Waals surface area (Å²) in [6, 6.07) is 13.0. The minimum Gasteiger partial charge on any atom is -0.332 e. The molecule has 3 atom stereocenters. The van der Waals surface area contributed by atoms with Crippen LogP contribution in [0.1, 0.15) is 41.7 Å². The maximum atomic E-state index is 12.9. The highest BCUT2D eigenvalue weighted by Gasteiger charge is 2.34. The van der Waals surface area contributed by atoms with E-state index in [-0.39, 0.29) is 11.9 Å². The van der Waals surface area contributed by atoms with Gasteiger partial charge in [-0.2, -0.15) is 0 Å². The van der Waals surface area contributed by atoms with E-state index in [1.54, 1.807) is 11.3 Å². The second-order valence-electron chi connectivity index (χ2n) is 7.00. The second-order valence-corrected chi connectivity index (χ2v) is 9.04. The van der Waals surface area contributed by atoms with E-state index in [0.29, 0.717) is 12.6 Å². The van der Waals surface area contributed by atoms with Crippen molar-refractivity contribution in [3.05, 3.63) is 51.7 Å². The molecule has 0 saturated carbocycles. The van der Waals surface area contributed by atoms with Crippen molar-refractivity contribution in [1.29, 1.82) is 0 Å². The molecule has 1 aliphatic heterocycles. The van der Waals surface area contributed by atoms with Crippen molar-refractivity contribution in [2.24, 2.45) is 0 Å². The average molecular weight is 387 g/mol. The number of thiazole rings is 1. The molecule has 1 aliphatic rings. The molecule has 0 aliphatic carbocycles. The average Bonchev–Trinajstić information content (AvgIpc) is 3.39. The number of carbonyl (C=O) groups is 1. The lowest BCUT2D eigenvalue weighted by Gasteiger charge is -2.26. The number of nitrogens with one attached hydrogen (secondary N) is 1. The number of thiophene rings is 1. The van der Waals surface area contributed by atoms with Gasteiger partial charge in [-0.1, -0.05) is 18.2 Å². The van der Waals surface area contributed by atoms with Gasteiger partial charge in [0.15, 0.2) is 6.54 Å². The maximum absolute atomic E-state index is 12.9. The molecule has 4 rings (SSSR count). The Hall–Kier alpha value is -1.76. The topological polar surface area (TPSA) is 37.6 Å². The van der Waals surface area contributed by atoms with Crippen LogP contribution in [0.4, 0.5) is 0 Å². The Bertz CT molecular complexity index is 856. The summed E-state index contributed by atoms with van der Waals surface area (Å²) in [6.07, 6.45) is 2.38. The number of nitrogens with zero attached hydrogens (tertiary/aromatic N) is 2. The lowest BCUT2D eigenvalue weighted by molar-refractivity contribution is -0.910. The Labute approximate surface area is 162 Å². The van der Waals surface area contributed by atoms with E-state index in [1.807, 2.05) is 41.5 Å². The van der Waals surface area contributed by atoms with Crippen LogP contribution in [0.2, 0.25) is 0 Å². The summed E-state index contributed by atoms with van der Waals surface area (Å²) in [4.78, 5) is 22.3. The highest BCUT2D eigenvalue weighted by Crippen LogP contribution is 2.29. The molecule has 1 unspecified atom stereocenters. The van der Waals surface area contributed by atoms with Gasteiger partial charge in [0, 0.05) is 19.9 Å². The van der Waals surface area contributed by atoms with Crippen molar-refractivity contribution in [3.63, 3.8) is 0 Å². The fraction of sp³-hybridized carbons (Fsp3) is 0.400. The summed E-state index contributed by atoms with van der Waals surface area (Å²) in [5.74, 6) is 0.204. The number of quaternary nitrogens is 1. The Morgan fingerprint density at radius 2 is 2.19 bits per heavy atom. The predicted molar refractivity (Wildman–Crippen MR) is 108 cm³/mol. The molecule has 2 aromatic heterocycles. The number of fused-ring (bicyclic) bond motifs is 1. The van der Waals surface area contributed by atoms with Crippen LogP contribution >= 0.6 is 22.7 Å². The summed E-state index contributed by atoms with van der Waals surface area (Å²) in [5.41, 5.74) is 1.02. The van der Waals surface area contributed by atoms with Gasteiger partial charge < -0.3 is 9.80 Å². The third-order valence-corrected chi connectivity index (χ3v) is 7.58. The van der Waals surface area contributed by atoms with Gasteiger partial charge in [0.2, 0.25) is 0 Å². The number of hydrogen-bond donors (Lipinski definition) is 1. The molecule has 3 aromatic rings. The molecule has 136 valence electrons. The van der Waals surface area contributed by atoms with Gasteiger partial charge in [0.25, 0.3) is 5.91 Å². The number of hydrogen-bond acceptors (Lipinski definition) is 4. The van der Waals surface area contributed by atoms with Gasteiger partial charge >= 0.3 is 0 Å². The highest BCUT2D eigenvalue weighted by atomic mass is 32.1. The molecule has 1 saturated heterocycles. The summed E-state index contributed by atoms with van der Waals surface area (Å²) in [7, 11) is 1.91. The van der Waals surface area contributed by atoms with Crippen molar-refractivity contribution < 1.29 is 9.69 Å². The molecule has 0 spiro atoms. The zero-order chi connectivity index (χ0) is 18.1. The van der Waals surface area contributed by atoms with Crippen LogP contribution in [0.15, 0.2) is 41.8 Å². The fourth-order valence-electron chi connectivity index (χ4n) is 3.73. The molecule has 1 aromatic carbocycles. The van der Waals surface area contributed by atoms with Crippen LogP contribution in [-0.4, -0.2) is 35.9 Å². The first kappa shape index (κ1) is 17.6. The van der Waals surface area contributed by atoms with Crippen molar-refractivity contribution in [1.82, 2.24) is 9.88 Å². The van der Waals surface area contributed by atoms with Crippen molar-refractivity contribution >= 4 is 38.8 Å². The van der Waals surface area contributed by atoms with Crippen LogP contribution < -0.4 is 4.90 Å². The Morgan fingerprint density at radius 1 is 1.35 bits per heavy atom. The Morgan fingerprint density at radius 3 is 2.96 bits per heavy atom. The largest absolute Gasteiger partial charge is 0.332 e. The molecule has 0 bridgehead atoms. The number of likely N-dealkylation sites (tertiary alicyclic amines) is 1. The molecule has 1 amide bonds. The number of aromatic nitrogens is 1. The Kier molecular flexibility index (Phi) is 5.07. The minimum atomic E-state index is 0.00194. The van der Waals surface area contributed by atoms with Crippen LogP contribution in [-0.2, 0) is 4.79 Å². The SMILES string of the molecule is C[C@H](c1nc2ccccc2s1)N(C)C(=O)C[NH+]1CCC[C@@H]1c1cccs1. The van der Waals surface area contributed by atoms with Gasteiger partial charge in [0.1, 0.15) is 11.0 Å². The number of likely N-dealkylation sites (N-methyl/N-ethyl adjacent to an activating group) is 1. The van der Waals surface area contributed by atoms with E-state index in [0.717, 1.165) is 17.1 Å². The number of benzene rings is 1. The van der Waals surface area contributed by atoms with Gasteiger partial charge in [0.05, 0.1) is 27.7 Å². The summed E-state index contributed by atoms with van der Waals surface area (Å²) >= 11 is 3.49. The van der Waals surface area contributed by atoms with Crippen LogP contribution in [0.3, 0.4) is 0 Å². The number of amides is 1. The van der Waals surface area contributed by atoms with Crippen LogP contribution in [0, 0.1) is 0 Å². The summed E-state index contributed by atoms with van der Waals surface area (Å²) < 4.78 is 1.18. The molecule has 0 radical (unpaired) electrons.